The topological polar surface area (TPSA) is 112 Å². The van der Waals surface area contributed by atoms with E-state index in [1.54, 1.807) is 35.7 Å². The van der Waals surface area contributed by atoms with E-state index in [1.165, 1.54) is 28.4 Å². The number of hydrogen-bond acceptors (Lipinski definition) is 9. The normalized spacial score (nSPS) is 16.1. The van der Waals surface area contributed by atoms with E-state index in [0.717, 1.165) is 22.8 Å². The van der Waals surface area contributed by atoms with E-state index >= 15 is 0 Å². The van der Waals surface area contributed by atoms with Gasteiger partial charge in [-0.2, -0.15) is 21.9 Å². The van der Waals surface area contributed by atoms with Crippen LogP contribution in [0.4, 0.5) is 28.8 Å². The van der Waals surface area contributed by atoms with E-state index in [1.807, 2.05) is 4.90 Å². The number of carboxylic acid groups (broad SMARTS) is 1. The van der Waals surface area contributed by atoms with Gasteiger partial charge in [0.1, 0.15) is 16.7 Å². The Balaban J connectivity index is 1.26. The number of fused-ring (bicyclic) bond motifs is 1. The van der Waals surface area contributed by atoms with Gasteiger partial charge in [0.25, 0.3) is 5.91 Å². The van der Waals surface area contributed by atoms with Crippen LogP contribution in [-0.4, -0.2) is 66.9 Å². The summed E-state index contributed by atoms with van der Waals surface area (Å²) in [7, 11) is 0. The highest BCUT2D eigenvalue weighted by Crippen LogP contribution is 2.37. The van der Waals surface area contributed by atoms with E-state index in [4.69, 9.17) is 0 Å². The summed E-state index contributed by atoms with van der Waals surface area (Å²) in [6, 6.07) is 10.7. The fourth-order valence-electron chi connectivity index (χ4n) is 4.12. The summed E-state index contributed by atoms with van der Waals surface area (Å²) in [6.45, 7) is 0.949. The van der Waals surface area contributed by atoms with Gasteiger partial charge in [-0.1, -0.05) is 12.1 Å². The summed E-state index contributed by atoms with van der Waals surface area (Å²) < 4.78 is 46.1. The lowest BCUT2D eigenvalue weighted by Crippen LogP contribution is -2.55. The van der Waals surface area contributed by atoms with Gasteiger partial charge in [0, 0.05) is 35.6 Å². The van der Waals surface area contributed by atoms with Crippen molar-refractivity contribution in [3.8, 4) is 0 Å². The van der Waals surface area contributed by atoms with Crippen molar-refractivity contribution in [2.45, 2.75) is 22.9 Å². The number of thioether (sulfide) groups is 1. The summed E-state index contributed by atoms with van der Waals surface area (Å²) in [5.74, 6) is -0.382. The number of nitrogens with zero attached hydrogens (tertiary/aromatic N) is 5. The predicted molar refractivity (Wildman–Crippen MR) is 140 cm³/mol. The molecule has 4 aromatic rings. The average Bonchev–Trinajstić information content (AvgIpc) is 3.54. The van der Waals surface area contributed by atoms with Gasteiger partial charge < -0.3 is 20.2 Å². The molecule has 2 aromatic heterocycles. The molecule has 2 aromatic carbocycles. The molecule has 1 unspecified atom stereocenters. The number of piperazine rings is 1. The predicted octanol–water partition coefficient (Wildman–Crippen LogP) is 5.42. The number of alkyl halides is 3. The first-order valence-electron chi connectivity index (χ1n) is 11.2. The zero-order valence-corrected chi connectivity index (χ0v) is 21.8. The Morgan fingerprint density at radius 1 is 1.11 bits per heavy atom. The van der Waals surface area contributed by atoms with E-state index in [-0.39, 0.29) is 34.8 Å². The smallest absolute Gasteiger partial charge is 0.446 e. The Kier molecular flexibility index (Phi) is 7.40. The van der Waals surface area contributed by atoms with Crippen LogP contribution in [0.2, 0.25) is 0 Å². The molecule has 1 aliphatic heterocycles. The quantitative estimate of drug-likeness (QED) is 0.291. The summed E-state index contributed by atoms with van der Waals surface area (Å²) in [5.41, 5.74) is -1.42. The lowest BCUT2D eigenvalue weighted by atomic mass is 10.0. The molecular formula is C23H19F3N6O3S3. The van der Waals surface area contributed by atoms with Crippen molar-refractivity contribution in [2.24, 2.45) is 0 Å². The minimum absolute atomic E-state index is 0.0679. The zero-order chi connectivity index (χ0) is 26.9. The lowest BCUT2D eigenvalue weighted by molar-refractivity contribution is -0.0328. The molecule has 38 heavy (non-hydrogen) atoms. The number of aromatic nitrogens is 3. The van der Waals surface area contributed by atoms with Gasteiger partial charge in [0.2, 0.25) is 0 Å². The average molecular weight is 581 g/mol. The van der Waals surface area contributed by atoms with Crippen molar-refractivity contribution < 1.29 is 27.9 Å². The van der Waals surface area contributed by atoms with Crippen molar-refractivity contribution in [1.29, 1.82) is 0 Å². The number of halogens is 3. The van der Waals surface area contributed by atoms with E-state index in [0.29, 0.717) is 35.8 Å². The number of carbonyl (C=O) groups is 2. The molecule has 3 heterocycles. The highest BCUT2D eigenvalue weighted by molar-refractivity contribution is 8.00. The van der Waals surface area contributed by atoms with Crippen LogP contribution in [-0.2, 0) is 6.42 Å². The second-order valence-corrected chi connectivity index (χ2v) is 10.9. The van der Waals surface area contributed by atoms with E-state index in [2.05, 4.69) is 19.0 Å². The van der Waals surface area contributed by atoms with Crippen LogP contribution >= 0.6 is 34.8 Å². The molecule has 198 valence electrons. The molecule has 1 aliphatic rings. The van der Waals surface area contributed by atoms with Crippen LogP contribution < -0.4 is 10.2 Å². The standard InChI is InChI=1S/C23H19F3N6O3S3/c24-23(25,26)37-16-4-1-13(2-5-16)9-15-11-31(7-8-32(15)22(34)35)21-28-19(12-36-21)20(33)27-14-3-6-17-18(10-14)30-38-29-17/h1-6,10,12,15H,7-9,11H2,(H,27,33)(H,34,35). The molecular weight excluding hydrogens is 561 g/mol. The minimum atomic E-state index is -4.37. The minimum Gasteiger partial charge on any atom is -0.465 e. The Hall–Kier alpha value is -3.43. The largest absolute Gasteiger partial charge is 0.465 e. The summed E-state index contributed by atoms with van der Waals surface area (Å²) in [4.78, 5) is 32.4. The lowest BCUT2D eigenvalue weighted by Gasteiger charge is -2.40. The van der Waals surface area contributed by atoms with Crippen LogP contribution in [0.5, 0.6) is 0 Å². The molecule has 9 nitrogen and oxygen atoms in total. The number of rotatable bonds is 6. The highest BCUT2D eigenvalue weighted by Gasteiger charge is 2.32. The Morgan fingerprint density at radius 3 is 2.61 bits per heavy atom. The molecule has 0 aliphatic carbocycles. The van der Waals surface area contributed by atoms with Crippen LogP contribution in [0.3, 0.4) is 0 Å². The van der Waals surface area contributed by atoms with Crippen LogP contribution in [0.25, 0.3) is 11.0 Å². The Bertz CT molecular complexity index is 1460. The van der Waals surface area contributed by atoms with Crippen LogP contribution in [0.15, 0.2) is 52.7 Å². The van der Waals surface area contributed by atoms with Gasteiger partial charge in [-0.05, 0) is 54.1 Å². The maximum atomic E-state index is 12.8. The van der Waals surface area contributed by atoms with Gasteiger partial charge in [-0.25, -0.2) is 9.78 Å². The zero-order valence-electron chi connectivity index (χ0n) is 19.4. The second-order valence-electron chi connectivity index (χ2n) is 8.41. The first-order chi connectivity index (χ1) is 18.1. The van der Waals surface area contributed by atoms with Crippen molar-refractivity contribution in [3.63, 3.8) is 0 Å². The van der Waals surface area contributed by atoms with Crippen LogP contribution in [0, 0.1) is 0 Å². The van der Waals surface area contributed by atoms with Gasteiger partial charge in [-0.15, -0.1) is 11.3 Å². The number of carbonyl (C=O) groups excluding carboxylic acids is 1. The molecule has 0 radical (unpaired) electrons. The highest BCUT2D eigenvalue weighted by atomic mass is 32.2. The third-order valence-corrected chi connectivity index (χ3v) is 8.06. The fraction of sp³-hybridized carbons (Fsp3) is 0.261. The first-order valence-corrected chi connectivity index (χ1v) is 13.7. The maximum Gasteiger partial charge on any atom is 0.446 e. The third-order valence-electron chi connectivity index (χ3n) is 5.86. The summed E-state index contributed by atoms with van der Waals surface area (Å²) in [5, 5.41) is 14.7. The van der Waals surface area contributed by atoms with Gasteiger partial charge in [0.05, 0.1) is 17.8 Å². The molecule has 2 amide bonds. The Morgan fingerprint density at radius 2 is 1.87 bits per heavy atom. The second kappa shape index (κ2) is 10.7. The summed E-state index contributed by atoms with van der Waals surface area (Å²) >= 11 is 2.18. The number of amides is 2. The molecule has 2 N–H and O–H groups in total. The molecule has 15 heteroatoms. The van der Waals surface area contributed by atoms with Crippen molar-refractivity contribution in [2.75, 3.05) is 29.9 Å². The number of anilines is 2. The van der Waals surface area contributed by atoms with Gasteiger partial charge >= 0.3 is 11.6 Å². The molecule has 1 atom stereocenters. The van der Waals surface area contributed by atoms with Crippen molar-refractivity contribution in [3.05, 3.63) is 59.1 Å². The van der Waals surface area contributed by atoms with E-state index in [9.17, 15) is 27.9 Å². The number of hydrogen-bond donors (Lipinski definition) is 2. The molecule has 0 spiro atoms. The molecule has 1 fully saturated rings. The number of nitrogens with one attached hydrogen (secondary N) is 1. The van der Waals surface area contributed by atoms with Crippen LogP contribution in [0.1, 0.15) is 16.1 Å². The van der Waals surface area contributed by atoms with E-state index < -0.39 is 17.6 Å². The third kappa shape index (κ3) is 6.16. The number of thiazole rings is 1. The summed E-state index contributed by atoms with van der Waals surface area (Å²) in [6.07, 6.45) is -0.739. The monoisotopic (exact) mass is 580 g/mol. The Labute approximate surface area is 226 Å². The van der Waals surface area contributed by atoms with Crippen molar-refractivity contribution in [1.82, 2.24) is 18.6 Å². The first kappa shape index (κ1) is 26.2. The van der Waals surface area contributed by atoms with Gasteiger partial charge in [0.15, 0.2) is 5.13 Å². The molecule has 5 rings (SSSR count). The number of benzene rings is 2. The van der Waals surface area contributed by atoms with Crippen molar-refractivity contribution >= 4 is 68.7 Å². The molecule has 0 saturated carbocycles. The van der Waals surface area contributed by atoms with Gasteiger partial charge in [-0.3, -0.25) is 4.79 Å². The maximum absolute atomic E-state index is 12.8. The molecule has 0 bridgehead atoms. The fourth-order valence-corrected chi connectivity index (χ4v) is 6.02. The SMILES string of the molecule is O=C(Nc1ccc2nsnc2c1)c1csc(N2CCN(C(=O)O)C(Cc3ccc(SC(F)(F)F)cc3)C2)n1. The molecule has 1 saturated heterocycles.